The van der Waals surface area contributed by atoms with E-state index in [2.05, 4.69) is 38.2 Å². The second-order valence-corrected chi connectivity index (χ2v) is 8.72. The molecule has 2 aliphatic carbocycles. The topological polar surface area (TPSA) is 9.23 Å². The molecule has 3 rings (SSSR count). The van der Waals surface area contributed by atoms with E-state index in [1.807, 2.05) is 6.07 Å². The van der Waals surface area contributed by atoms with E-state index in [-0.39, 0.29) is 5.82 Å². The molecule has 2 aliphatic rings. The minimum absolute atomic E-state index is 0.225. The first-order valence-electron chi connectivity index (χ1n) is 11.5. The number of benzene rings is 1. The Labute approximate surface area is 171 Å². The van der Waals surface area contributed by atoms with Crippen molar-refractivity contribution in [2.24, 2.45) is 23.7 Å². The van der Waals surface area contributed by atoms with Crippen LogP contribution in [0.25, 0.3) is 0 Å². The summed E-state index contributed by atoms with van der Waals surface area (Å²) in [6.07, 6.45) is 20.5. The van der Waals surface area contributed by atoms with Gasteiger partial charge < -0.3 is 4.74 Å². The fourth-order valence-corrected chi connectivity index (χ4v) is 4.83. The predicted octanol–water partition coefficient (Wildman–Crippen LogP) is 7.51. The van der Waals surface area contributed by atoms with E-state index in [4.69, 9.17) is 4.74 Å². The molecule has 1 fully saturated rings. The number of hydrogen-bond donors (Lipinski definition) is 0. The molecule has 0 spiro atoms. The maximum absolute atomic E-state index is 14.2. The van der Waals surface area contributed by atoms with Gasteiger partial charge >= 0.3 is 0 Å². The lowest BCUT2D eigenvalue weighted by Gasteiger charge is -2.34. The van der Waals surface area contributed by atoms with Crippen LogP contribution in [0.2, 0.25) is 0 Å². The van der Waals surface area contributed by atoms with E-state index in [9.17, 15) is 4.39 Å². The van der Waals surface area contributed by atoms with E-state index in [0.717, 1.165) is 49.0 Å². The fourth-order valence-electron chi connectivity index (χ4n) is 4.83. The summed E-state index contributed by atoms with van der Waals surface area (Å²) in [5.74, 6) is 2.98. The lowest BCUT2D eigenvalue weighted by Crippen LogP contribution is -2.24. The zero-order valence-electron chi connectivity index (χ0n) is 17.7. The van der Waals surface area contributed by atoms with Crippen LogP contribution in [0.3, 0.4) is 0 Å². The highest BCUT2D eigenvalue weighted by atomic mass is 19.1. The zero-order valence-corrected chi connectivity index (χ0v) is 17.7. The van der Waals surface area contributed by atoms with Crippen molar-refractivity contribution in [2.75, 3.05) is 6.61 Å². The van der Waals surface area contributed by atoms with Crippen LogP contribution in [0.1, 0.15) is 70.8 Å². The van der Waals surface area contributed by atoms with Gasteiger partial charge in [0.15, 0.2) is 11.6 Å². The van der Waals surface area contributed by atoms with E-state index < -0.39 is 0 Å². The summed E-state index contributed by atoms with van der Waals surface area (Å²) in [7, 11) is 0. The van der Waals surface area contributed by atoms with Gasteiger partial charge in [0.05, 0.1) is 6.61 Å². The second kappa shape index (κ2) is 10.8. The average Bonchev–Trinajstić information content (AvgIpc) is 2.73. The molecule has 1 aromatic carbocycles. The van der Waals surface area contributed by atoms with Gasteiger partial charge in [0.2, 0.25) is 0 Å². The van der Waals surface area contributed by atoms with E-state index >= 15 is 0 Å². The molecule has 1 saturated carbocycles. The molecule has 2 unspecified atom stereocenters. The minimum atomic E-state index is -0.225. The van der Waals surface area contributed by atoms with E-state index in [0.29, 0.717) is 18.3 Å². The number of halogens is 1. The molecule has 0 saturated heterocycles. The zero-order chi connectivity index (χ0) is 19.8. The highest BCUT2D eigenvalue weighted by Crippen LogP contribution is 2.39. The van der Waals surface area contributed by atoms with Gasteiger partial charge in [0.1, 0.15) is 0 Å². The summed E-state index contributed by atoms with van der Waals surface area (Å²) in [6.45, 7) is 4.91. The first kappa shape index (κ1) is 21.1. The lowest BCUT2D eigenvalue weighted by molar-refractivity contribution is 0.208. The summed E-state index contributed by atoms with van der Waals surface area (Å²) in [6, 6.07) is 5.40. The largest absolute Gasteiger partial charge is 0.490 e. The summed E-state index contributed by atoms with van der Waals surface area (Å²) in [5, 5.41) is 0. The predicted molar refractivity (Wildman–Crippen MR) is 116 cm³/mol. The monoisotopic (exact) mass is 384 g/mol. The fraction of sp³-hybridized carbons (Fsp3) is 0.615. The smallest absolute Gasteiger partial charge is 0.165 e. The van der Waals surface area contributed by atoms with Crippen LogP contribution in [-0.4, -0.2) is 6.61 Å². The van der Waals surface area contributed by atoms with Crippen molar-refractivity contribution in [3.8, 4) is 5.75 Å². The SMILES string of the molecule is CCC=CC1CCC(C2C=CC(COc3ccc(CCC)cc3F)CC2)CC1. The average molecular weight is 385 g/mol. The maximum Gasteiger partial charge on any atom is 0.165 e. The first-order valence-corrected chi connectivity index (χ1v) is 11.5. The molecule has 2 atom stereocenters. The van der Waals surface area contributed by atoms with Crippen molar-refractivity contribution in [3.05, 3.63) is 53.9 Å². The van der Waals surface area contributed by atoms with Crippen molar-refractivity contribution < 1.29 is 9.13 Å². The summed E-state index contributed by atoms with van der Waals surface area (Å²) < 4.78 is 20.0. The number of aryl methyl sites for hydroxylation is 1. The van der Waals surface area contributed by atoms with Gasteiger partial charge in [-0.2, -0.15) is 0 Å². The normalized spacial score (nSPS) is 28.0. The molecule has 0 bridgehead atoms. The molecule has 1 nitrogen and oxygen atoms in total. The molecule has 0 amide bonds. The lowest BCUT2D eigenvalue weighted by atomic mass is 9.72. The third kappa shape index (κ3) is 5.96. The van der Waals surface area contributed by atoms with Crippen molar-refractivity contribution in [2.45, 2.75) is 71.6 Å². The Kier molecular flexibility index (Phi) is 8.18. The van der Waals surface area contributed by atoms with Crippen LogP contribution < -0.4 is 4.74 Å². The van der Waals surface area contributed by atoms with Crippen LogP contribution in [0.15, 0.2) is 42.5 Å². The molecule has 0 N–H and O–H groups in total. The van der Waals surface area contributed by atoms with Gasteiger partial charge in [-0.15, -0.1) is 0 Å². The molecule has 2 heteroatoms. The Morgan fingerprint density at radius 1 is 1.04 bits per heavy atom. The number of allylic oxidation sites excluding steroid dienone is 3. The number of ether oxygens (including phenoxy) is 1. The third-order valence-corrected chi connectivity index (χ3v) is 6.56. The van der Waals surface area contributed by atoms with Gasteiger partial charge in [-0.3, -0.25) is 0 Å². The molecule has 0 radical (unpaired) electrons. The van der Waals surface area contributed by atoms with Crippen LogP contribution in [-0.2, 0) is 6.42 Å². The van der Waals surface area contributed by atoms with Gasteiger partial charge in [-0.1, -0.05) is 50.6 Å². The molecule has 0 aromatic heterocycles. The second-order valence-electron chi connectivity index (χ2n) is 8.72. The van der Waals surface area contributed by atoms with Crippen molar-refractivity contribution in [1.82, 2.24) is 0 Å². The minimum Gasteiger partial charge on any atom is -0.490 e. The maximum atomic E-state index is 14.2. The molecule has 0 heterocycles. The summed E-state index contributed by atoms with van der Waals surface area (Å²) in [5.41, 5.74) is 1.05. The highest BCUT2D eigenvalue weighted by Gasteiger charge is 2.27. The Bertz CT molecular complexity index is 654. The Morgan fingerprint density at radius 2 is 1.86 bits per heavy atom. The van der Waals surface area contributed by atoms with E-state index in [1.54, 1.807) is 12.1 Å². The summed E-state index contributed by atoms with van der Waals surface area (Å²) in [4.78, 5) is 0. The van der Waals surface area contributed by atoms with Crippen LogP contribution in [0, 0.1) is 29.5 Å². The Hall–Kier alpha value is -1.57. The van der Waals surface area contributed by atoms with E-state index in [1.165, 1.54) is 32.1 Å². The highest BCUT2D eigenvalue weighted by molar-refractivity contribution is 5.29. The first-order chi connectivity index (χ1) is 13.7. The van der Waals surface area contributed by atoms with Crippen molar-refractivity contribution >= 4 is 0 Å². The number of rotatable bonds is 8. The summed E-state index contributed by atoms with van der Waals surface area (Å²) >= 11 is 0. The van der Waals surface area contributed by atoms with Crippen molar-refractivity contribution in [3.63, 3.8) is 0 Å². The standard InChI is InChI=1S/C26H37FO/c1-3-5-7-20-8-13-23(14-9-20)24-15-10-22(11-16-24)19-28-26-17-12-21(6-4-2)18-25(26)27/h5,7,10,12,15,17-18,20,22-24H,3-4,6,8-9,11,13-14,16,19H2,1-2H3. The quantitative estimate of drug-likeness (QED) is 0.421. The molecular weight excluding hydrogens is 347 g/mol. The van der Waals surface area contributed by atoms with Gasteiger partial charge in [-0.05, 0) is 86.8 Å². The molecule has 1 aromatic rings. The molecular formula is C26H37FO. The van der Waals surface area contributed by atoms with Crippen LogP contribution >= 0.6 is 0 Å². The Morgan fingerprint density at radius 3 is 2.50 bits per heavy atom. The number of hydrogen-bond acceptors (Lipinski definition) is 1. The molecule has 28 heavy (non-hydrogen) atoms. The van der Waals surface area contributed by atoms with Crippen LogP contribution in [0.4, 0.5) is 4.39 Å². The Balaban J connectivity index is 1.44. The van der Waals surface area contributed by atoms with Crippen LogP contribution in [0.5, 0.6) is 5.75 Å². The van der Waals surface area contributed by atoms with Gasteiger partial charge in [-0.25, -0.2) is 4.39 Å². The third-order valence-electron chi connectivity index (χ3n) is 6.56. The van der Waals surface area contributed by atoms with Crippen molar-refractivity contribution in [1.29, 1.82) is 0 Å². The molecule has 0 aliphatic heterocycles. The molecule has 154 valence electrons. The van der Waals surface area contributed by atoms with Gasteiger partial charge in [0, 0.05) is 5.92 Å². The van der Waals surface area contributed by atoms with Gasteiger partial charge in [0.25, 0.3) is 0 Å².